The third kappa shape index (κ3) is 1.54. The Balaban J connectivity index is 3.40. The topological polar surface area (TPSA) is 20.2 Å². The average Bonchev–Trinajstić information content (AvgIpc) is 2.01. The number of aliphatic hydroxyl groups is 1. The first-order valence-electron chi connectivity index (χ1n) is 3.94. The lowest BCUT2D eigenvalue weighted by Crippen LogP contribution is -1.95. The lowest BCUT2D eigenvalue weighted by Gasteiger charge is -2.11. The zero-order valence-electron chi connectivity index (χ0n) is 7.61. The molecule has 0 bridgehead atoms. The summed E-state index contributed by atoms with van der Waals surface area (Å²) in [5.74, 6) is 0. The Bertz CT molecular complexity index is 305. The summed E-state index contributed by atoms with van der Waals surface area (Å²) in [6, 6.07) is 2.10. The Morgan fingerprint density at radius 1 is 1.25 bits per heavy atom. The van der Waals surface area contributed by atoms with Crippen molar-refractivity contribution in [3.05, 3.63) is 32.8 Å². The van der Waals surface area contributed by atoms with E-state index in [0.29, 0.717) is 0 Å². The maximum atomic E-state index is 9.08. The maximum absolute atomic E-state index is 9.08. The van der Waals surface area contributed by atoms with Gasteiger partial charge in [-0.3, -0.25) is 0 Å². The van der Waals surface area contributed by atoms with E-state index in [1.807, 2.05) is 6.92 Å². The second kappa shape index (κ2) is 3.58. The molecule has 1 N–H and O–H groups in total. The molecule has 0 aliphatic heterocycles. The first-order valence-corrected chi connectivity index (χ1v) is 4.73. The van der Waals surface area contributed by atoms with E-state index in [0.717, 1.165) is 15.6 Å². The molecule has 0 fully saturated rings. The van der Waals surface area contributed by atoms with Crippen LogP contribution >= 0.6 is 15.9 Å². The fourth-order valence-electron chi connectivity index (χ4n) is 1.29. The molecule has 1 rings (SSSR count). The van der Waals surface area contributed by atoms with E-state index in [2.05, 4.69) is 35.8 Å². The van der Waals surface area contributed by atoms with Crippen molar-refractivity contribution < 1.29 is 5.11 Å². The van der Waals surface area contributed by atoms with Crippen LogP contribution in [0.25, 0.3) is 0 Å². The minimum absolute atomic E-state index is 0.105. The second-order valence-corrected chi connectivity index (χ2v) is 3.88. The molecule has 0 atom stereocenters. The van der Waals surface area contributed by atoms with Gasteiger partial charge in [0.25, 0.3) is 0 Å². The molecular weight excluding hydrogens is 216 g/mol. The molecule has 1 aromatic rings. The summed E-state index contributed by atoms with van der Waals surface area (Å²) >= 11 is 3.48. The molecule has 0 unspecified atom stereocenters. The summed E-state index contributed by atoms with van der Waals surface area (Å²) in [4.78, 5) is 0. The van der Waals surface area contributed by atoms with E-state index in [1.165, 1.54) is 11.1 Å². The summed E-state index contributed by atoms with van der Waals surface area (Å²) < 4.78 is 1.04. The summed E-state index contributed by atoms with van der Waals surface area (Å²) in [5, 5.41) is 9.08. The van der Waals surface area contributed by atoms with Crippen molar-refractivity contribution in [2.75, 3.05) is 0 Å². The zero-order valence-corrected chi connectivity index (χ0v) is 9.20. The van der Waals surface area contributed by atoms with Gasteiger partial charge in [0.1, 0.15) is 0 Å². The lowest BCUT2D eigenvalue weighted by atomic mass is 10.0. The Hall–Kier alpha value is -0.340. The van der Waals surface area contributed by atoms with Gasteiger partial charge in [-0.05, 0) is 43.0 Å². The summed E-state index contributed by atoms with van der Waals surface area (Å²) in [6.45, 7) is 6.25. The molecule has 0 radical (unpaired) electrons. The monoisotopic (exact) mass is 228 g/mol. The Morgan fingerprint density at radius 3 is 2.33 bits per heavy atom. The smallest absolute Gasteiger partial charge is 0.0695 e. The predicted molar refractivity (Wildman–Crippen MR) is 54.3 cm³/mol. The van der Waals surface area contributed by atoms with Gasteiger partial charge in [-0.25, -0.2) is 0 Å². The lowest BCUT2D eigenvalue weighted by molar-refractivity contribution is 0.280. The number of halogens is 1. The maximum Gasteiger partial charge on any atom is 0.0695 e. The minimum Gasteiger partial charge on any atom is -0.392 e. The summed E-state index contributed by atoms with van der Waals surface area (Å²) in [7, 11) is 0. The molecule has 0 saturated carbocycles. The Labute approximate surface area is 81.6 Å². The van der Waals surface area contributed by atoms with Gasteiger partial charge in [0.15, 0.2) is 0 Å². The quantitative estimate of drug-likeness (QED) is 0.784. The number of hydrogen-bond acceptors (Lipinski definition) is 1. The first-order chi connectivity index (χ1) is 5.57. The number of rotatable bonds is 1. The fourth-order valence-corrected chi connectivity index (χ4v) is 2.04. The van der Waals surface area contributed by atoms with Gasteiger partial charge >= 0.3 is 0 Å². The molecule has 1 nitrogen and oxygen atoms in total. The van der Waals surface area contributed by atoms with Crippen molar-refractivity contribution in [3.63, 3.8) is 0 Å². The normalized spacial score (nSPS) is 10.4. The van der Waals surface area contributed by atoms with Crippen molar-refractivity contribution in [1.82, 2.24) is 0 Å². The highest BCUT2D eigenvalue weighted by Crippen LogP contribution is 2.27. The Kier molecular flexibility index (Phi) is 2.91. The van der Waals surface area contributed by atoms with Gasteiger partial charge in [-0.1, -0.05) is 22.0 Å². The third-order valence-electron chi connectivity index (χ3n) is 2.25. The first kappa shape index (κ1) is 9.75. The molecule has 0 heterocycles. The van der Waals surface area contributed by atoms with Gasteiger partial charge in [-0.2, -0.15) is 0 Å². The van der Waals surface area contributed by atoms with E-state index < -0.39 is 0 Å². The molecule has 12 heavy (non-hydrogen) atoms. The van der Waals surface area contributed by atoms with Gasteiger partial charge in [0, 0.05) is 4.47 Å². The van der Waals surface area contributed by atoms with Gasteiger partial charge in [0.2, 0.25) is 0 Å². The molecule has 0 amide bonds. The number of hydrogen-bond donors (Lipinski definition) is 1. The zero-order chi connectivity index (χ0) is 9.30. The number of benzene rings is 1. The van der Waals surface area contributed by atoms with Crippen molar-refractivity contribution in [1.29, 1.82) is 0 Å². The van der Waals surface area contributed by atoms with Crippen LogP contribution < -0.4 is 0 Å². The van der Waals surface area contributed by atoms with Crippen LogP contribution in [0.15, 0.2) is 10.5 Å². The van der Waals surface area contributed by atoms with Crippen LogP contribution in [-0.2, 0) is 6.61 Å². The van der Waals surface area contributed by atoms with E-state index in [9.17, 15) is 0 Å². The fraction of sp³-hybridized carbons (Fsp3) is 0.400. The van der Waals surface area contributed by atoms with Crippen molar-refractivity contribution in [3.8, 4) is 0 Å². The van der Waals surface area contributed by atoms with Crippen LogP contribution in [0.1, 0.15) is 22.3 Å². The largest absolute Gasteiger partial charge is 0.392 e. The Morgan fingerprint density at radius 2 is 1.83 bits per heavy atom. The van der Waals surface area contributed by atoms with Crippen molar-refractivity contribution in [2.45, 2.75) is 27.4 Å². The molecule has 0 aromatic heterocycles. The van der Waals surface area contributed by atoms with Crippen molar-refractivity contribution in [2.24, 2.45) is 0 Å². The standard InChI is InChI=1S/C10H13BrO/c1-6-4-7(2)9(5-12)10(11)8(6)3/h4,12H,5H2,1-3H3. The predicted octanol–water partition coefficient (Wildman–Crippen LogP) is 2.87. The highest BCUT2D eigenvalue weighted by Gasteiger charge is 2.07. The second-order valence-electron chi connectivity index (χ2n) is 3.09. The van der Waals surface area contributed by atoms with Gasteiger partial charge < -0.3 is 5.11 Å². The van der Waals surface area contributed by atoms with Crippen LogP contribution in [0.3, 0.4) is 0 Å². The van der Waals surface area contributed by atoms with Crippen molar-refractivity contribution >= 4 is 15.9 Å². The molecular formula is C10H13BrO. The average molecular weight is 229 g/mol. The highest BCUT2D eigenvalue weighted by atomic mass is 79.9. The SMILES string of the molecule is Cc1cc(C)c(CO)c(Br)c1C. The van der Waals surface area contributed by atoms with E-state index in [4.69, 9.17) is 5.11 Å². The van der Waals surface area contributed by atoms with Crippen LogP contribution in [-0.4, -0.2) is 5.11 Å². The summed E-state index contributed by atoms with van der Waals surface area (Å²) in [5.41, 5.74) is 4.62. The minimum atomic E-state index is 0.105. The molecule has 66 valence electrons. The van der Waals surface area contributed by atoms with E-state index in [-0.39, 0.29) is 6.61 Å². The van der Waals surface area contributed by atoms with Crippen LogP contribution in [0.2, 0.25) is 0 Å². The third-order valence-corrected chi connectivity index (χ3v) is 3.33. The van der Waals surface area contributed by atoms with Crippen LogP contribution in [0.4, 0.5) is 0 Å². The highest BCUT2D eigenvalue weighted by molar-refractivity contribution is 9.10. The van der Waals surface area contributed by atoms with Gasteiger partial charge in [0.05, 0.1) is 6.61 Å². The molecule has 1 aromatic carbocycles. The number of aryl methyl sites for hydroxylation is 2. The molecule has 2 heteroatoms. The molecule has 0 aliphatic carbocycles. The number of aliphatic hydroxyl groups excluding tert-OH is 1. The molecule has 0 spiro atoms. The van der Waals surface area contributed by atoms with Crippen LogP contribution in [0.5, 0.6) is 0 Å². The van der Waals surface area contributed by atoms with E-state index in [1.54, 1.807) is 0 Å². The summed E-state index contributed by atoms with van der Waals surface area (Å²) in [6.07, 6.45) is 0. The van der Waals surface area contributed by atoms with Gasteiger partial charge in [-0.15, -0.1) is 0 Å². The van der Waals surface area contributed by atoms with Crippen LogP contribution in [0, 0.1) is 20.8 Å². The molecule has 0 aliphatic rings. The molecule has 0 saturated heterocycles. The van der Waals surface area contributed by atoms with E-state index >= 15 is 0 Å².